The van der Waals surface area contributed by atoms with Gasteiger partial charge in [0, 0.05) is 20.9 Å². The zero-order valence-electron chi connectivity index (χ0n) is 15.9. The maximum atomic E-state index is 13.1. The summed E-state index contributed by atoms with van der Waals surface area (Å²) in [6.07, 6.45) is 0. The number of carbonyl (C=O) groups excluding carboxylic acids is 2. The Hall–Kier alpha value is -2.71. The number of methoxy groups -OCH3 is 2. The van der Waals surface area contributed by atoms with Crippen molar-refractivity contribution in [1.29, 1.82) is 0 Å². The molecular weight excluding hydrogens is 462 g/mol. The molecule has 0 aromatic heterocycles. The number of ether oxygens (including phenoxy) is 2. The van der Waals surface area contributed by atoms with Gasteiger partial charge in [-0.3, -0.25) is 4.79 Å². The zero-order chi connectivity index (χ0) is 21.1. The number of allylic oxidation sites excluding steroid dienone is 1. The number of urea groups is 1. The fourth-order valence-electron chi connectivity index (χ4n) is 3.05. The van der Waals surface area contributed by atoms with E-state index in [0.717, 1.165) is 0 Å². The van der Waals surface area contributed by atoms with Crippen molar-refractivity contribution in [2.24, 2.45) is 0 Å². The second kappa shape index (κ2) is 8.75. The number of benzene rings is 2. The van der Waals surface area contributed by atoms with Crippen LogP contribution in [0.3, 0.4) is 0 Å². The molecule has 0 saturated heterocycles. The van der Waals surface area contributed by atoms with Crippen molar-refractivity contribution in [3.8, 4) is 11.5 Å². The molecule has 0 unspecified atom stereocenters. The Morgan fingerprint density at radius 2 is 1.76 bits per heavy atom. The Labute approximate surface area is 181 Å². The van der Waals surface area contributed by atoms with Gasteiger partial charge in [0.1, 0.15) is 0 Å². The topological polar surface area (TPSA) is 88.7 Å². The minimum atomic E-state index is -0.703. The summed E-state index contributed by atoms with van der Waals surface area (Å²) in [4.78, 5) is 25.2. The number of carbonyl (C=O) groups is 2. The Balaban J connectivity index is 2.02. The van der Waals surface area contributed by atoms with E-state index in [-0.39, 0.29) is 5.91 Å². The SMILES string of the molecule is COc1cc(Br)c([C@H]2NC(=O)NC(C)=C2C(=O)Nc2ccc(Cl)cc2)cc1OC. The van der Waals surface area contributed by atoms with Crippen LogP contribution < -0.4 is 25.4 Å². The third-order valence-electron chi connectivity index (χ3n) is 4.43. The van der Waals surface area contributed by atoms with E-state index in [9.17, 15) is 9.59 Å². The van der Waals surface area contributed by atoms with Crippen molar-refractivity contribution in [3.63, 3.8) is 0 Å². The summed E-state index contributed by atoms with van der Waals surface area (Å²) >= 11 is 9.41. The van der Waals surface area contributed by atoms with Gasteiger partial charge < -0.3 is 25.4 Å². The number of anilines is 1. The predicted octanol–water partition coefficient (Wildman–Crippen LogP) is 4.39. The summed E-state index contributed by atoms with van der Waals surface area (Å²) in [5, 5.41) is 8.86. The molecule has 29 heavy (non-hydrogen) atoms. The second-order valence-electron chi connectivity index (χ2n) is 6.26. The molecule has 7 nitrogen and oxygen atoms in total. The van der Waals surface area contributed by atoms with Crippen LogP contribution in [-0.4, -0.2) is 26.2 Å². The highest BCUT2D eigenvalue weighted by Gasteiger charge is 2.33. The van der Waals surface area contributed by atoms with Gasteiger partial charge in [-0.1, -0.05) is 27.5 Å². The molecule has 2 aromatic carbocycles. The van der Waals surface area contributed by atoms with Gasteiger partial charge in [0.05, 0.1) is 25.8 Å². The highest BCUT2D eigenvalue weighted by Crippen LogP contribution is 2.39. The van der Waals surface area contributed by atoms with E-state index in [0.29, 0.717) is 43.5 Å². The van der Waals surface area contributed by atoms with Crippen molar-refractivity contribution < 1.29 is 19.1 Å². The molecule has 1 aliphatic rings. The largest absolute Gasteiger partial charge is 0.493 e. The smallest absolute Gasteiger partial charge is 0.319 e. The monoisotopic (exact) mass is 479 g/mol. The number of rotatable bonds is 5. The Morgan fingerprint density at radius 1 is 1.14 bits per heavy atom. The molecule has 2 aromatic rings. The number of halogens is 2. The van der Waals surface area contributed by atoms with Crippen LogP contribution in [0.15, 0.2) is 52.1 Å². The molecular formula is C20H19BrClN3O4. The van der Waals surface area contributed by atoms with Crippen LogP contribution in [0.5, 0.6) is 11.5 Å². The molecule has 0 fully saturated rings. The van der Waals surface area contributed by atoms with Gasteiger partial charge in [0.15, 0.2) is 11.5 Å². The van der Waals surface area contributed by atoms with Crippen LogP contribution in [0, 0.1) is 0 Å². The summed E-state index contributed by atoms with van der Waals surface area (Å²) in [5.41, 5.74) is 2.05. The van der Waals surface area contributed by atoms with Gasteiger partial charge in [-0.25, -0.2) is 4.79 Å². The first kappa shape index (κ1) is 21.0. The lowest BCUT2D eigenvalue weighted by atomic mass is 9.94. The highest BCUT2D eigenvalue weighted by molar-refractivity contribution is 9.10. The molecule has 3 N–H and O–H groups in total. The maximum Gasteiger partial charge on any atom is 0.319 e. The molecule has 152 valence electrons. The van der Waals surface area contributed by atoms with Crippen molar-refractivity contribution in [2.75, 3.05) is 19.5 Å². The number of hydrogen-bond acceptors (Lipinski definition) is 4. The van der Waals surface area contributed by atoms with Crippen LogP contribution in [0.25, 0.3) is 0 Å². The van der Waals surface area contributed by atoms with E-state index in [2.05, 4.69) is 31.9 Å². The van der Waals surface area contributed by atoms with Crippen molar-refractivity contribution in [2.45, 2.75) is 13.0 Å². The average molecular weight is 481 g/mol. The van der Waals surface area contributed by atoms with E-state index in [1.807, 2.05) is 0 Å². The van der Waals surface area contributed by atoms with E-state index in [1.54, 1.807) is 43.3 Å². The van der Waals surface area contributed by atoms with E-state index in [1.165, 1.54) is 14.2 Å². The Morgan fingerprint density at radius 3 is 2.38 bits per heavy atom. The zero-order valence-corrected chi connectivity index (χ0v) is 18.3. The molecule has 3 amide bonds. The third kappa shape index (κ3) is 4.49. The number of nitrogens with one attached hydrogen (secondary N) is 3. The minimum Gasteiger partial charge on any atom is -0.493 e. The molecule has 0 bridgehead atoms. The Bertz CT molecular complexity index is 992. The molecule has 0 spiro atoms. The predicted molar refractivity (Wildman–Crippen MR) is 114 cm³/mol. The van der Waals surface area contributed by atoms with Crippen LogP contribution in [0.2, 0.25) is 5.02 Å². The van der Waals surface area contributed by atoms with Crippen molar-refractivity contribution in [3.05, 3.63) is 62.7 Å². The van der Waals surface area contributed by atoms with Crippen LogP contribution >= 0.6 is 27.5 Å². The molecule has 0 saturated carbocycles. The molecule has 9 heteroatoms. The van der Waals surface area contributed by atoms with Gasteiger partial charge in [-0.15, -0.1) is 0 Å². The first-order chi connectivity index (χ1) is 13.8. The summed E-state index contributed by atoms with van der Waals surface area (Å²) in [5.74, 6) is 0.647. The van der Waals surface area contributed by atoms with Crippen LogP contribution in [-0.2, 0) is 4.79 Å². The third-order valence-corrected chi connectivity index (χ3v) is 5.37. The molecule has 0 aliphatic carbocycles. The van der Waals surface area contributed by atoms with Crippen molar-refractivity contribution >= 4 is 45.2 Å². The first-order valence-electron chi connectivity index (χ1n) is 8.60. The summed E-state index contributed by atoms with van der Waals surface area (Å²) in [6, 6.07) is 9.11. The van der Waals surface area contributed by atoms with E-state index in [4.69, 9.17) is 21.1 Å². The minimum absolute atomic E-state index is 0.357. The fraction of sp³-hybridized carbons (Fsp3) is 0.200. The lowest BCUT2D eigenvalue weighted by Gasteiger charge is -2.29. The Kier molecular flexibility index (Phi) is 6.34. The van der Waals surface area contributed by atoms with E-state index >= 15 is 0 Å². The highest BCUT2D eigenvalue weighted by atomic mass is 79.9. The normalized spacial score (nSPS) is 16.0. The molecule has 1 atom stereocenters. The molecule has 1 aliphatic heterocycles. The molecule has 3 rings (SSSR count). The summed E-state index contributed by atoms with van der Waals surface area (Å²) in [6.45, 7) is 1.68. The average Bonchev–Trinajstić information content (AvgIpc) is 2.68. The van der Waals surface area contributed by atoms with Crippen LogP contribution in [0.1, 0.15) is 18.5 Å². The van der Waals surface area contributed by atoms with Gasteiger partial charge >= 0.3 is 6.03 Å². The van der Waals surface area contributed by atoms with E-state index < -0.39 is 12.1 Å². The van der Waals surface area contributed by atoms with Gasteiger partial charge in [0.25, 0.3) is 5.91 Å². The quantitative estimate of drug-likeness (QED) is 0.592. The van der Waals surface area contributed by atoms with Crippen LogP contribution in [0.4, 0.5) is 10.5 Å². The fourth-order valence-corrected chi connectivity index (χ4v) is 3.73. The van der Waals surface area contributed by atoms with Gasteiger partial charge in [-0.2, -0.15) is 0 Å². The first-order valence-corrected chi connectivity index (χ1v) is 9.77. The lowest BCUT2D eigenvalue weighted by Crippen LogP contribution is -2.46. The standard InChI is InChI=1S/C20H19BrClN3O4/c1-10-17(19(26)24-12-6-4-11(22)5-7-12)18(25-20(27)23-10)13-8-15(28-2)16(29-3)9-14(13)21/h4-9,18H,1-3H3,(H,24,26)(H2,23,25,27)/t18-/m1/s1. The summed E-state index contributed by atoms with van der Waals surface area (Å²) < 4.78 is 11.3. The van der Waals surface area contributed by atoms with Gasteiger partial charge in [0.2, 0.25) is 0 Å². The second-order valence-corrected chi connectivity index (χ2v) is 7.55. The number of amides is 3. The van der Waals surface area contributed by atoms with Crippen molar-refractivity contribution in [1.82, 2.24) is 10.6 Å². The number of hydrogen-bond donors (Lipinski definition) is 3. The lowest BCUT2D eigenvalue weighted by molar-refractivity contribution is -0.113. The molecule has 1 heterocycles. The summed E-state index contributed by atoms with van der Waals surface area (Å²) in [7, 11) is 3.05. The maximum absolute atomic E-state index is 13.1. The molecule has 0 radical (unpaired) electrons. The van der Waals surface area contributed by atoms with Gasteiger partial charge in [-0.05, 0) is 48.9 Å².